The topological polar surface area (TPSA) is 12.0 Å². The van der Waals surface area contributed by atoms with E-state index in [4.69, 9.17) is 0 Å². The molecule has 3 unspecified atom stereocenters. The van der Waals surface area contributed by atoms with E-state index in [1.165, 1.54) is 25.7 Å². The Bertz CT molecular complexity index is 223. The van der Waals surface area contributed by atoms with Crippen LogP contribution in [0.1, 0.15) is 52.9 Å². The van der Waals surface area contributed by atoms with Crippen LogP contribution in [-0.4, -0.2) is 12.6 Å². The molecule has 0 bridgehead atoms. The van der Waals surface area contributed by atoms with Gasteiger partial charge in [-0.1, -0.05) is 26.7 Å². The quantitative estimate of drug-likeness (QED) is 0.683. The van der Waals surface area contributed by atoms with Crippen molar-refractivity contribution in [2.24, 2.45) is 11.8 Å². The summed E-state index contributed by atoms with van der Waals surface area (Å²) >= 11 is 0. The average Bonchev–Trinajstić information content (AvgIpc) is 2.64. The van der Waals surface area contributed by atoms with Crippen LogP contribution < -0.4 is 5.32 Å². The summed E-state index contributed by atoms with van der Waals surface area (Å²) in [5.41, 5.74) is 0. The van der Waals surface area contributed by atoms with Gasteiger partial charge in [-0.15, -0.1) is 11.8 Å². The summed E-state index contributed by atoms with van der Waals surface area (Å²) < 4.78 is 0. The lowest BCUT2D eigenvalue weighted by Gasteiger charge is -2.27. The molecule has 0 spiro atoms. The summed E-state index contributed by atoms with van der Waals surface area (Å²) in [4.78, 5) is 0. The Kier molecular flexibility index (Phi) is 5.79. The van der Waals surface area contributed by atoms with E-state index in [1.807, 2.05) is 6.92 Å². The molecule has 0 aliphatic heterocycles. The van der Waals surface area contributed by atoms with Crippen molar-refractivity contribution in [3.8, 4) is 11.8 Å². The highest BCUT2D eigenvalue weighted by molar-refractivity contribution is 4.96. The van der Waals surface area contributed by atoms with E-state index in [0.29, 0.717) is 6.04 Å². The van der Waals surface area contributed by atoms with Crippen molar-refractivity contribution in [3.05, 3.63) is 0 Å². The van der Waals surface area contributed by atoms with Gasteiger partial charge in [-0.2, -0.15) is 0 Å². The molecular formula is C14H25N. The van der Waals surface area contributed by atoms with Crippen molar-refractivity contribution in [2.75, 3.05) is 6.54 Å². The minimum absolute atomic E-state index is 0.702. The molecule has 1 nitrogen and oxygen atoms in total. The second-order valence-corrected chi connectivity index (χ2v) is 4.70. The first-order valence-corrected chi connectivity index (χ1v) is 6.42. The second-order valence-electron chi connectivity index (χ2n) is 4.70. The van der Waals surface area contributed by atoms with Crippen molar-refractivity contribution >= 4 is 0 Å². The highest BCUT2D eigenvalue weighted by Crippen LogP contribution is 2.34. The molecule has 86 valence electrons. The van der Waals surface area contributed by atoms with Crippen LogP contribution in [0, 0.1) is 23.7 Å². The third kappa shape index (κ3) is 3.87. The molecule has 1 aliphatic carbocycles. The lowest BCUT2D eigenvalue weighted by atomic mass is 9.87. The van der Waals surface area contributed by atoms with Gasteiger partial charge >= 0.3 is 0 Å². The zero-order chi connectivity index (χ0) is 11.1. The van der Waals surface area contributed by atoms with E-state index < -0.39 is 0 Å². The number of hydrogen-bond acceptors (Lipinski definition) is 1. The molecule has 1 rings (SSSR count). The summed E-state index contributed by atoms with van der Waals surface area (Å²) in [6, 6.07) is 0.702. The van der Waals surface area contributed by atoms with E-state index in [0.717, 1.165) is 24.8 Å². The van der Waals surface area contributed by atoms with Gasteiger partial charge in [0.2, 0.25) is 0 Å². The molecule has 15 heavy (non-hydrogen) atoms. The van der Waals surface area contributed by atoms with Crippen LogP contribution in [0.25, 0.3) is 0 Å². The van der Waals surface area contributed by atoms with Gasteiger partial charge < -0.3 is 5.32 Å². The zero-order valence-electron chi connectivity index (χ0n) is 10.5. The predicted octanol–water partition coefficient (Wildman–Crippen LogP) is 3.20. The molecule has 0 aromatic rings. The smallest absolute Gasteiger partial charge is 0.0107 e. The van der Waals surface area contributed by atoms with E-state index in [1.54, 1.807) is 0 Å². The van der Waals surface area contributed by atoms with Crippen molar-refractivity contribution in [1.29, 1.82) is 0 Å². The molecule has 1 fully saturated rings. The normalized spacial score (nSPS) is 27.1. The van der Waals surface area contributed by atoms with Gasteiger partial charge in [0.15, 0.2) is 0 Å². The maximum absolute atomic E-state index is 3.65. The van der Waals surface area contributed by atoms with E-state index in [-0.39, 0.29) is 0 Å². The first-order valence-electron chi connectivity index (χ1n) is 6.42. The Hall–Kier alpha value is -0.480. The van der Waals surface area contributed by atoms with Crippen LogP contribution in [0.4, 0.5) is 0 Å². The van der Waals surface area contributed by atoms with Gasteiger partial charge in [0.1, 0.15) is 0 Å². The Morgan fingerprint density at radius 3 is 2.73 bits per heavy atom. The largest absolute Gasteiger partial charge is 0.314 e. The van der Waals surface area contributed by atoms with Crippen molar-refractivity contribution in [2.45, 2.75) is 58.9 Å². The van der Waals surface area contributed by atoms with Crippen LogP contribution in [0.5, 0.6) is 0 Å². The standard InChI is InChI=1S/C14H25N/c1-4-6-7-11-14(15-5-2)13-10-8-9-12(13)3/h12-15H,5,7-11H2,1-3H3. The van der Waals surface area contributed by atoms with E-state index >= 15 is 0 Å². The molecule has 0 radical (unpaired) electrons. The zero-order valence-corrected chi connectivity index (χ0v) is 10.5. The van der Waals surface area contributed by atoms with Gasteiger partial charge in [-0.25, -0.2) is 0 Å². The monoisotopic (exact) mass is 207 g/mol. The highest BCUT2D eigenvalue weighted by Gasteiger charge is 2.29. The third-order valence-corrected chi connectivity index (χ3v) is 3.67. The summed E-state index contributed by atoms with van der Waals surface area (Å²) in [7, 11) is 0. The minimum Gasteiger partial charge on any atom is -0.314 e. The van der Waals surface area contributed by atoms with E-state index in [2.05, 4.69) is 31.0 Å². The Labute approximate surface area is 95.0 Å². The SMILES string of the molecule is CC#CCCC(NCC)C1CCCC1C. The molecule has 0 aromatic heterocycles. The Balaban J connectivity index is 2.43. The fourth-order valence-electron chi connectivity index (χ4n) is 2.85. The summed E-state index contributed by atoms with van der Waals surface area (Å²) in [5, 5.41) is 3.65. The number of nitrogens with one attached hydrogen (secondary N) is 1. The summed E-state index contributed by atoms with van der Waals surface area (Å²) in [6.45, 7) is 7.64. The van der Waals surface area contributed by atoms with Gasteiger partial charge in [-0.3, -0.25) is 0 Å². The first-order chi connectivity index (χ1) is 7.29. The maximum Gasteiger partial charge on any atom is 0.0107 e. The van der Waals surface area contributed by atoms with Gasteiger partial charge in [-0.05, 0) is 38.1 Å². The average molecular weight is 207 g/mol. The first kappa shape index (κ1) is 12.6. The molecule has 3 atom stereocenters. The fraction of sp³-hybridized carbons (Fsp3) is 0.857. The van der Waals surface area contributed by atoms with Gasteiger partial charge in [0.05, 0.1) is 0 Å². The number of rotatable bonds is 5. The molecule has 1 heteroatoms. The minimum atomic E-state index is 0.702. The molecule has 0 aromatic carbocycles. The lowest BCUT2D eigenvalue weighted by Crippen LogP contribution is -2.37. The Morgan fingerprint density at radius 1 is 1.40 bits per heavy atom. The van der Waals surface area contributed by atoms with Crippen molar-refractivity contribution in [3.63, 3.8) is 0 Å². The van der Waals surface area contributed by atoms with Crippen LogP contribution in [0.15, 0.2) is 0 Å². The van der Waals surface area contributed by atoms with Crippen LogP contribution in [0.3, 0.4) is 0 Å². The lowest BCUT2D eigenvalue weighted by molar-refractivity contribution is 0.289. The molecule has 1 aliphatic rings. The molecular weight excluding hydrogens is 182 g/mol. The van der Waals surface area contributed by atoms with Crippen LogP contribution in [0.2, 0.25) is 0 Å². The molecule has 1 saturated carbocycles. The Morgan fingerprint density at radius 2 is 2.20 bits per heavy atom. The predicted molar refractivity (Wildman–Crippen MR) is 66.7 cm³/mol. The number of hydrogen-bond donors (Lipinski definition) is 1. The molecule has 0 amide bonds. The van der Waals surface area contributed by atoms with E-state index in [9.17, 15) is 0 Å². The fourth-order valence-corrected chi connectivity index (χ4v) is 2.85. The summed E-state index contributed by atoms with van der Waals surface area (Å²) in [6.07, 6.45) is 6.54. The molecule has 0 heterocycles. The second kappa shape index (κ2) is 6.90. The van der Waals surface area contributed by atoms with Gasteiger partial charge in [0, 0.05) is 12.5 Å². The maximum atomic E-state index is 3.65. The van der Waals surface area contributed by atoms with Gasteiger partial charge in [0.25, 0.3) is 0 Å². The highest BCUT2D eigenvalue weighted by atomic mass is 14.9. The molecule has 1 N–H and O–H groups in total. The summed E-state index contributed by atoms with van der Waals surface area (Å²) in [5.74, 6) is 7.97. The molecule has 0 saturated heterocycles. The van der Waals surface area contributed by atoms with Crippen LogP contribution >= 0.6 is 0 Å². The van der Waals surface area contributed by atoms with Crippen molar-refractivity contribution in [1.82, 2.24) is 5.32 Å². The van der Waals surface area contributed by atoms with Crippen molar-refractivity contribution < 1.29 is 0 Å². The van der Waals surface area contributed by atoms with Crippen LogP contribution in [-0.2, 0) is 0 Å². The third-order valence-electron chi connectivity index (χ3n) is 3.67.